The molecule has 88 valence electrons. The smallest absolute Gasteiger partial charge is 0.0936 e. The first-order valence-corrected chi connectivity index (χ1v) is 5.97. The van der Waals surface area contributed by atoms with Crippen molar-refractivity contribution in [1.82, 2.24) is 10.2 Å². The fraction of sp³-hybridized carbons (Fsp3) is 1.00. The van der Waals surface area contributed by atoms with Crippen LogP contribution in [0.5, 0.6) is 0 Å². The minimum Gasteiger partial charge on any atom is -0.376 e. The van der Waals surface area contributed by atoms with Crippen LogP contribution in [-0.2, 0) is 9.47 Å². The summed E-state index contributed by atoms with van der Waals surface area (Å²) in [5.41, 5.74) is 0. The number of rotatable bonds is 3. The van der Waals surface area contributed by atoms with Crippen molar-refractivity contribution >= 4 is 0 Å². The Hall–Kier alpha value is -0.160. The van der Waals surface area contributed by atoms with Crippen LogP contribution >= 0.6 is 0 Å². The summed E-state index contributed by atoms with van der Waals surface area (Å²) < 4.78 is 11.1. The largest absolute Gasteiger partial charge is 0.376 e. The molecule has 0 aromatic heterocycles. The van der Waals surface area contributed by atoms with E-state index in [2.05, 4.69) is 10.2 Å². The van der Waals surface area contributed by atoms with Gasteiger partial charge in [-0.1, -0.05) is 0 Å². The first kappa shape index (κ1) is 11.3. The highest BCUT2D eigenvalue weighted by Crippen LogP contribution is 2.12. The van der Waals surface area contributed by atoms with Gasteiger partial charge < -0.3 is 14.8 Å². The molecular weight excluding hydrogens is 192 g/mol. The molecule has 0 spiro atoms. The van der Waals surface area contributed by atoms with Gasteiger partial charge in [0, 0.05) is 19.1 Å². The van der Waals surface area contributed by atoms with Crippen LogP contribution in [0.25, 0.3) is 0 Å². The van der Waals surface area contributed by atoms with Crippen LogP contribution in [0.1, 0.15) is 12.8 Å². The summed E-state index contributed by atoms with van der Waals surface area (Å²) in [4.78, 5) is 2.49. The topological polar surface area (TPSA) is 33.7 Å². The lowest BCUT2D eigenvalue weighted by molar-refractivity contribution is -0.0991. The monoisotopic (exact) mass is 214 g/mol. The van der Waals surface area contributed by atoms with E-state index in [1.165, 1.54) is 19.4 Å². The highest BCUT2D eigenvalue weighted by atomic mass is 16.6. The van der Waals surface area contributed by atoms with Crippen molar-refractivity contribution in [3.63, 3.8) is 0 Å². The number of hydrogen-bond acceptors (Lipinski definition) is 4. The van der Waals surface area contributed by atoms with Gasteiger partial charge in [-0.05, 0) is 26.4 Å². The lowest BCUT2D eigenvalue weighted by atomic mass is 10.1. The Morgan fingerprint density at radius 3 is 3.07 bits per heavy atom. The first-order valence-electron chi connectivity index (χ1n) is 5.97. The molecular formula is C11H22N2O2. The number of likely N-dealkylation sites (tertiary alicyclic amines) is 1. The van der Waals surface area contributed by atoms with Gasteiger partial charge in [0.25, 0.3) is 0 Å². The fourth-order valence-corrected chi connectivity index (χ4v) is 2.39. The molecule has 2 rings (SSSR count). The van der Waals surface area contributed by atoms with E-state index in [1.54, 1.807) is 0 Å². The van der Waals surface area contributed by atoms with Crippen LogP contribution in [0.3, 0.4) is 0 Å². The Morgan fingerprint density at radius 1 is 1.40 bits per heavy atom. The van der Waals surface area contributed by atoms with Gasteiger partial charge in [0.1, 0.15) is 0 Å². The van der Waals surface area contributed by atoms with Crippen LogP contribution in [-0.4, -0.2) is 63.5 Å². The second-order valence-electron chi connectivity index (χ2n) is 4.46. The SMILES string of the molecule is CNC1CCCN(CC2COCCO2)C1. The van der Waals surface area contributed by atoms with Crippen LogP contribution in [0.4, 0.5) is 0 Å². The quantitative estimate of drug-likeness (QED) is 0.722. The fourth-order valence-electron chi connectivity index (χ4n) is 2.39. The molecule has 2 heterocycles. The molecule has 0 saturated carbocycles. The maximum atomic E-state index is 5.66. The van der Waals surface area contributed by atoms with Crippen LogP contribution in [0.15, 0.2) is 0 Å². The average molecular weight is 214 g/mol. The van der Waals surface area contributed by atoms with E-state index in [-0.39, 0.29) is 6.10 Å². The predicted molar refractivity (Wildman–Crippen MR) is 59.1 cm³/mol. The van der Waals surface area contributed by atoms with Crippen molar-refractivity contribution in [1.29, 1.82) is 0 Å². The molecule has 2 fully saturated rings. The van der Waals surface area contributed by atoms with Crippen LogP contribution in [0, 0.1) is 0 Å². The van der Waals surface area contributed by atoms with Gasteiger partial charge in [-0.25, -0.2) is 0 Å². The molecule has 2 unspecified atom stereocenters. The second-order valence-corrected chi connectivity index (χ2v) is 4.46. The molecule has 4 heteroatoms. The van der Waals surface area contributed by atoms with Crippen molar-refractivity contribution in [3.05, 3.63) is 0 Å². The van der Waals surface area contributed by atoms with Crippen molar-refractivity contribution in [3.8, 4) is 0 Å². The van der Waals surface area contributed by atoms with Crippen molar-refractivity contribution in [2.75, 3.05) is 46.5 Å². The zero-order valence-corrected chi connectivity index (χ0v) is 9.58. The zero-order valence-electron chi connectivity index (χ0n) is 9.58. The molecule has 15 heavy (non-hydrogen) atoms. The maximum absolute atomic E-state index is 5.66. The normalized spacial score (nSPS) is 34.2. The van der Waals surface area contributed by atoms with Gasteiger partial charge in [-0.15, -0.1) is 0 Å². The van der Waals surface area contributed by atoms with Gasteiger partial charge in [0.05, 0.1) is 25.9 Å². The molecule has 0 aliphatic carbocycles. The van der Waals surface area contributed by atoms with E-state index in [4.69, 9.17) is 9.47 Å². The third kappa shape index (κ3) is 3.41. The molecule has 2 atom stereocenters. The summed E-state index contributed by atoms with van der Waals surface area (Å²) >= 11 is 0. The highest BCUT2D eigenvalue weighted by molar-refractivity contribution is 4.79. The Balaban J connectivity index is 1.72. The van der Waals surface area contributed by atoms with E-state index in [0.29, 0.717) is 6.04 Å². The van der Waals surface area contributed by atoms with Gasteiger partial charge in [0.15, 0.2) is 0 Å². The zero-order chi connectivity index (χ0) is 10.5. The number of ether oxygens (including phenoxy) is 2. The van der Waals surface area contributed by atoms with E-state index in [0.717, 1.165) is 32.9 Å². The number of nitrogens with zero attached hydrogens (tertiary/aromatic N) is 1. The lowest BCUT2D eigenvalue weighted by Crippen LogP contribution is -2.48. The standard InChI is InChI=1S/C11H22N2O2/c1-12-10-3-2-4-13(7-10)8-11-9-14-5-6-15-11/h10-12H,2-9H2,1H3. The van der Waals surface area contributed by atoms with Gasteiger partial charge in [-0.2, -0.15) is 0 Å². The Kier molecular flexibility index (Phi) is 4.38. The Morgan fingerprint density at radius 2 is 2.33 bits per heavy atom. The van der Waals surface area contributed by atoms with Gasteiger partial charge in [0.2, 0.25) is 0 Å². The lowest BCUT2D eigenvalue weighted by Gasteiger charge is -2.35. The molecule has 0 amide bonds. The molecule has 0 radical (unpaired) electrons. The second kappa shape index (κ2) is 5.80. The molecule has 1 N–H and O–H groups in total. The van der Waals surface area contributed by atoms with Gasteiger partial charge >= 0.3 is 0 Å². The third-order valence-corrected chi connectivity index (χ3v) is 3.26. The molecule has 2 saturated heterocycles. The predicted octanol–water partition coefficient (Wildman–Crippen LogP) is 0.0856. The summed E-state index contributed by atoms with van der Waals surface area (Å²) in [6, 6.07) is 0.656. The molecule has 2 aliphatic heterocycles. The minimum absolute atomic E-state index is 0.286. The van der Waals surface area contributed by atoms with Crippen molar-refractivity contribution in [2.24, 2.45) is 0 Å². The van der Waals surface area contributed by atoms with Crippen LogP contribution < -0.4 is 5.32 Å². The minimum atomic E-state index is 0.286. The molecule has 4 nitrogen and oxygen atoms in total. The summed E-state index contributed by atoms with van der Waals surface area (Å²) in [5, 5.41) is 3.36. The molecule has 0 bridgehead atoms. The Bertz CT molecular complexity index is 183. The first-order chi connectivity index (χ1) is 7.38. The number of likely N-dealkylation sites (N-methyl/N-ethyl adjacent to an activating group) is 1. The molecule has 0 aromatic rings. The number of nitrogens with one attached hydrogen (secondary N) is 1. The highest BCUT2D eigenvalue weighted by Gasteiger charge is 2.23. The van der Waals surface area contributed by atoms with Crippen LogP contribution in [0.2, 0.25) is 0 Å². The maximum Gasteiger partial charge on any atom is 0.0936 e. The summed E-state index contributed by atoms with van der Waals surface area (Å²) in [6.07, 6.45) is 2.88. The molecule has 0 aromatic carbocycles. The van der Waals surface area contributed by atoms with E-state index in [1.807, 2.05) is 7.05 Å². The average Bonchev–Trinajstić information content (AvgIpc) is 2.31. The van der Waals surface area contributed by atoms with E-state index < -0.39 is 0 Å². The van der Waals surface area contributed by atoms with Crippen molar-refractivity contribution in [2.45, 2.75) is 25.0 Å². The summed E-state index contributed by atoms with van der Waals surface area (Å²) in [6.45, 7) is 5.66. The number of piperidine rings is 1. The van der Waals surface area contributed by atoms with E-state index in [9.17, 15) is 0 Å². The summed E-state index contributed by atoms with van der Waals surface area (Å²) in [7, 11) is 2.05. The number of hydrogen-bond donors (Lipinski definition) is 1. The van der Waals surface area contributed by atoms with Crippen molar-refractivity contribution < 1.29 is 9.47 Å². The van der Waals surface area contributed by atoms with E-state index >= 15 is 0 Å². The third-order valence-electron chi connectivity index (χ3n) is 3.26. The van der Waals surface area contributed by atoms with Gasteiger partial charge in [-0.3, -0.25) is 4.90 Å². The Labute approximate surface area is 91.9 Å². The summed E-state index contributed by atoms with van der Waals surface area (Å²) in [5.74, 6) is 0. The molecule has 2 aliphatic rings.